The summed E-state index contributed by atoms with van der Waals surface area (Å²) in [5, 5.41) is 3.49. The van der Waals surface area contributed by atoms with E-state index in [1.807, 2.05) is 24.7 Å². The Bertz CT molecular complexity index is 596. The number of rotatable bonds is 6. The van der Waals surface area contributed by atoms with E-state index in [-0.39, 0.29) is 0 Å². The Hall–Kier alpha value is -2.21. The Morgan fingerprint density at radius 2 is 2.23 bits per heavy atom. The molecule has 0 fully saturated rings. The van der Waals surface area contributed by atoms with Gasteiger partial charge in [0.1, 0.15) is 13.2 Å². The summed E-state index contributed by atoms with van der Waals surface area (Å²) in [6, 6.07) is 4.33. The average molecular weight is 303 g/mol. The van der Waals surface area contributed by atoms with Crippen LogP contribution in [0.4, 0.5) is 0 Å². The molecule has 0 amide bonds. The van der Waals surface area contributed by atoms with Gasteiger partial charge in [0.25, 0.3) is 0 Å². The van der Waals surface area contributed by atoms with Gasteiger partial charge < -0.3 is 24.1 Å². The number of fused-ring (bicyclic) bond motifs is 1. The Labute approximate surface area is 130 Å². The second-order valence-corrected chi connectivity index (χ2v) is 5.36. The highest BCUT2D eigenvalue weighted by molar-refractivity contribution is 5.54. The minimum absolute atomic E-state index is 0.327. The Kier molecular flexibility index (Phi) is 4.48. The molecule has 0 radical (unpaired) electrons. The number of methoxy groups -OCH3 is 1. The van der Waals surface area contributed by atoms with Crippen molar-refractivity contribution in [2.75, 3.05) is 20.3 Å². The SMILES string of the molecule is COc1cc(CN[C@H](C)Cn2ccnc2)cc2c1OCCO2. The van der Waals surface area contributed by atoms with Gasteiger partial charge in [-0.15, -0.1) is 0 Å². The molecule has 2 heterocycles. The van der Waals surface area contributed by atoms with Gasteiger partial charge in [-0.2, -0.15) is 0 Å². The Morgan fingerprint density at radius 1 is 1.36 bits per heavy atom. The number of hydrogen-bond donors (Lipinski definition) is 1. The normalized spacial score (nSPS) is 14.6. The third kappa shape index (κ3) is 3.33. The van der Waals surface area contributed by atoms with Gasteiger partial charge in [-0.3, -0.25) is 0 Å². The van der Waals surface area contributed by atoms with E-state index in [2.05, 4.69) is 21.8 Å². The lowest BCUT2D eigenvalue weighted by atomic mass is 10.1. The monoisotopic (exact) mass is 303 g/mol. The van der Waals surface area contributed by atoms with E-state index in [0.29, 0.717) is 25.0 Å². The highest BCUT2D eigenvalue weighted by Gasteiger charge is 2.18. The maximum Gasteiger partial charge on any atom is 0.203 e. The lowest BCUT2D eigenvalue weighted by molar-refractivity contribution is 0.165. The summed E-state index contributed by atoms with van der Waals surface area (Å²) in [5.41, 5.74) is 1.11. The number of aromatic nitrogens is 2. The Morgan fingerprint density at radius 3 is 3.00 bits per heavy atom. The van der Waals surface area contributed by atoms with E-state index in [4.69, 9.17) is 14.2 Å². The second kappa shape index (κ2) is 6.70. The molecule has 0 aliphatic carbocycles. The van der Waals surface area contributed by atoms with Crippen LogP contribution in [0.3, 0.4) is 0 Å². The van der Waals surface area contributed by atoms with E-state index in [1.165, 1.54) is 0 Å². The van der Waals surface area contributed by atoms with Crippen molar-refractivity contribution in [3.63, 3.8) is 0 Å². The number of nitrogens with zero attached hydrogens (tertiary/aromatic N) is 2. The van der Waals surface area contributed by atoms with Crippen LogP contribution in [-0.2, 0) is 13.1 Å². The van der Waals surface area contributed by atoms with E-state index >= 15 is 0 Å². The number of benzene rings is 1. The molecule has 1 N–H and O–H groups in total. The fourth-order valence-electron chi connectivity index (χ4n) is 2.50. The zero-order chi connectivity index (χ0) is 15.4. The molecule has 0 spiro atoms. The van der Waals surface area contributed by atoms with Crippen molar-refractivity contribution in [2.24, 2.45) is 0 Å². The lowest BCUT2D eigenvalue weighted by Gasteiger charge is -2.22. The minimum Gasteiger partial charge on any atom is -0.493 e. The molecule has 0 saturated carbocycles. The summed E-state index contributed by atoms with van der Waals surface area (Å²) in [5.74, 6) is 2.17. The molecule has 0 unspecified atom stereocenters. The van der Waals surface area contributed by atoms with Crippen molar-refractivity contribution in [1.29, 1.82) is 0 Å². The summed E-state index contributed by atoms with van der Waals surface area (Å²) >= 11 is 0. The van der Waals surface area contributed by atoms with Gasteiger partial charge in [-0.1, -0.05) is 0 Å². The molecule has 0 saturated heterocycles. The van der Waals surface area contributed by atoms with E-state index in [1.54, 1.807) is 13.3 Å². The fourth-order valence-corrected chi connectivity index (χ4v) is 2.50. The van der Waals surface area contributed by atoms with E-state index in [9.17, 15) is 0 Å². The van der Waals surface area contributed by atoms with E-state index < -0.39 is 0 Å². The van der Waals surface area contributed by atoms with Crippen LogP contribution in [-0.4, -0.2) is 35.9 Å². The van der Waals surface area contributed by atoms with E-state index in [0.717, 1.165) is 30.2 Å². The molecule has 22 heavy (non-hydrogen) atoms. The standard InChI is InChI=1S/C16H21N3O3/c1-12(10-19-4-3-17-11-19)18-9-13-7-14(20-2)16-15(8-13)21-5-6-22-16/h3-4,7-8,11-12,18H,5-6,9-10H2,1-2H3/t12-/m1/s1. The van der Waals surface area contributed by atoms with Gasteiger partial charge in [0, 0.05) is 31.5 Å². The number of hydrogen-bond acceptors (Lipinski definition) is 5. The van der Waals surface area contributed by atoms with Crippen molar-refractivity contribution < 1.29 is 14.2 Å². The first kappa shape index (κ1) is 14.7. The van der Waals surface area contributed by atoms with Crippen LogP contribution in [0.2, 0.25) is 0 Å². The molecule has 6 heteroatoms. The lowest BCUT2D eigenvalue weighted by Crippen LogP contribution is -2.29. The summed E-state index contributed by atoms with van der Waals surface area (Å²) < 4.78 is 18.7. The predicted octanol–water partition coefficient (Wildman–Crippen LogP) is 1.84. The van der Waals surface area contributed by atoms with Crippen LogP contribution in [0.1, 0.15) is 12.5 Å². The van der Waals surface area contributed by atoms with Gasteiger partial charge in [-0.25, -0.2) is 4.98 Å². The average Bonchev–Trinajstić information content (AvgIpc) is 3.05. The second-order valence-electron chi connectivity index (χ2n) is 5.36. The van der Waals surface area contributed by atoms with Crippen LogP contribution in [0.25, 0.3) is 0 Å². The topological polar surface area (TPSA) is 57.5 Å². The molecule has 1 aliphatic rings. The van der Waals surface area contributed by atoms with Crippen molar-refractivity contribution in [1.82, 2.24) is 14.9 Å². The smallest absolute Gasteiger partial charge is 0.203 e. The van der Waals surface area contributed by atoms with Gasteiger partial charge in [0.2, 0.25) is 5.75 Å². The van der Waals surface area contributed by atoms with Crippen LogP contribution in [0.15, 0.2) is 30.9 Å². The third-order valence-electron chi connectivity index (χ3n) is 3.59. The molecule has 2 aromatic rings. The quantitative estimate of drug-likeness (QED) is 0.882. The maximum absolute atomic E-state index is 5.65. The van der Waals surface area contributed by atoms with Crippen LogP contribution in [0, 0.1) is 0 Å². The summed E-state index contributed by atoms with van der Waals surface area (Å²) in [7, 11) is 1.65. The van der Waals surface area contributed by atoms with Crippen molar-refractivity contribution in [2.45, 2.75) is 26.1 Å². The molecule has 118 valence electrons. The molecule has 6 nitrogen and oxygen atoms in total. The van der Waals surface area contributed by atoms with Crippen LogP contribution < -0.4 is 19.5 Å². The molecular formula is C16H21N3O3. The van der Waals surface area contributed by atoms with Crippen molar-refractivity contribution in [3.8, 4) is 17.2 Å². The molecule has 3 rings (SSSR count). The highest BCUT2D eigenvalue weighted by Crippen LogP contribution is 2.40. The third-order valence-corrected chi connectivity index (χ3v) is 3.59. The fraction of sp³-hybridized carbons (Fsp3) is 0.438. The zero-order valence-corrected chi connectivity index (χ0v) is 12.9. The molecule has 0 bridgehead atoms. The molecule has 1 aromatic carbocycles. The van der Waals surface area contributed by atoms with Crippen molar-refractivity contribution >= 4 is 0 Å². The number of ether oxygens (including phenoxy) is 3. The van der Waals surface area contributed by atoms with Crippen molar-refractivity contribution in [3.05, 3.63) is 36.4 Å². The molecule has 1 aliphatic heterocycles. The Balaban J connectivity index is 1.64. The zero-order valence-electron chi connectivity index (χ0n) is 12.9. The summed E-state index contributed by atoms with van der Waals surface area (Å²) in [6.07, 6.45) is 5.58. The van der Waals surface area contributed by atoms with Gasteiger partial charge in [0.15, 0.2) is 11.5 Å². The molecule has 1 atom stereocenters. The number of imidazole rings is 1. The van der Waals surface area contributed by atoms with Gasteiger partial charge in [-0.05, 0) is 24.6 Å². The first-order valence-corrected chi connectivity index (χ1v) is 7.42. The molecule has 1 aromatic heterocycles. The first-order chi connectivity index (χ1) is 10.8. The first-order valence-electron chi connectivity index (χ1n) is 7.42. The molecular weight excluding hydrogens is 282 g/mol. The van der Waals surface area contributed by atoms with Crippen LogP contribution in [0.5, 0.6) is 17.2 Å². The summed E-state index contributed by atoms with van der Waals surface area (Å²) in [6.45, 7) is 4.90. The maximum atomic E-state index is 5.65. The van der Waals surface area contributed by atoms with Crippen LogP contribution >= 0.6 is 0 Å². The predicted molar refractivity (Wildman–Crippen MR) is 82.5 cm³/mol. The largest absolute Gasteiger partial charge is 0.493 e. The van der Waals surface area contributed by atoms with Gasteiger partial charge in [0.05, 0.1) is 13.4 Å². The number of nitrogens with one attached hydrogen (secondary N) is 1. The summed E-state index contributed by atoms with van der Waals surface area (Å²) in [4.78, 5) is 4.05. The van der Waals surface area contributed by atoms with Gasteiger partial charge >= 0.3 is 0 Å². The minimum atomic E-state index is 0.327. The highest BCUT2D eigenvalue weighted by atomic mass is 16.6.